The molecule has 11 heteroatoms. The maximum absolute atomic E-state index is 12.9. The zero-order valence-electron chi connectivity index (χ0n) is 20.5. The van der Waals surface area contributed by atoms with E-state index in [1.807, 2.05) is 29.2 Å². The molecule has 4 heterocycles. The summed E-state index contributed by atoms with van der Waals surface area (Å²) in [5.74, 6) is 2.18. The number of hydrogen-bond acceptors (Lipinski definition) is 8. The lowest BCUT2D eigenvalue weighted by molar-refractivity contribution is -0.127. The van der Waals surface area contributed by atoms with Crippen LogP contribution in [-0.4, -0.2) is 72.3 Å². The summed E-state index contributed by atoms with van der Waals surface area (Å²) in [5, 5.41) is 21.4. The van der Waals surface area contributed by atoms with Crippen LogP contribution in [0.4, 0.5) is 0 Å². The molecule has 0 aliphatic carbocycles. The first-order chi connectivity index (χ1) is 17.5. The first kappa shape index (κ1) is 24.6. The maximum Gasteiger partial charge on any atom is 0.246 e. The number of aryl methyl sites for hydroxylation is 1. The number of likely N-dealkylation sites (tertiary alicyclic amines) is 2. The van der Waals surface area contributed by atoms with Gasteiger partial charge < -0.3 is 9.32 Å². The summed E-state index contributed by atoms with van der Waals surface area (Å²) in [4.78, 5) is 18.7. The molecule has 2 saturated heterocycles. The molecule has 0 N–H and O–H groups in total. The third-order valence-electron chi connectivity index (χ3n) is 6.82. The Morgan fingerprint density at radius 1 is 1.08 bits per heavy atom. The minimum Gasteiger partial charge on any atom is -0.424 e. The summed E-state index contributed by atoms with van der Waals surface area (Å²) in [5.41, 5.74) is 1.81. The molecule has 3 aromatic rings. The van der Waals surface area contributed by atoms with Gasteiger partial charge in [-0.3, -0.25) is 9.69 Å². The van der Waals surface area contributed by atoms with E-state index in [-0.39, 0.29) is 11.8 Å². The van der Waals surface area contributed by atoms with Gasteiger partial charge in [-0.2, -0.15) is 4.80 Å². The lowest BCUT2D eigenvalue weighted by Crippen LogP contribution is -2.37. The Labute approximate surface area is 215 Å². The zero-order valence-corrected chi connectivity index (χ0v) is 21.3. The number of piperidine rings is 2. The number of rotatable bonds is 7. The number of amides is 1. The van der Waals surface area contributed by atoms with E-state index < -0.39 is 0 Å². The van der Waals surface area contributed by atoms with Crippen molar-refractivity contribution in [2.75, 3.05) is 26.2 Å². The van der Waals surface area contributed by atoms with Gasteiger partial charge in [-0.1, -0.05) is 24.1 Å². The van der Waals surface area contributed by atoms with Crippen molar-refractivity contribution in [1.29, 1.82) is 0 Å². The van der Waals surface area contributed by atoms with Crippen molar-refractivity contribution >= 4 is 23.6 Å². The summed E-state index contributed by atoms with van der Waals surface area (Å²) in [6, 6.07) is 5.57. The molecule has 2 aromatic heterocycles. The van der Waals surface area contributed by atoms with Gasteiger partial charge in [0, 0.05) is 30.1 Å². The van der Waals surface area contributed by atoms with Crippen molar-refractivity contribution in [2.45, 2.75) is 58.0 Å². The van der Waals surface area contributed by atoms with Crippen LogP contribution in [0.1, 0.15) is 66.8 Å². The van der Waals surface area contributed by atoms with E-state index >= 15 is 0 Å². The van der Waals surface area contributed by atoms with Crippen LogP contribution < -0.4 is 0 Å². The van der Waals surface area contributed by atoms with Crippen molar-refractivity contribution in [3.05, 3.63) is 58.0 Å². The van der Waals surface area contributed by atoms with Crippen LogP contribution in [0, 0.1) is 6.92 Å². The Kier molecular flexibility index (Phi) is 7.72. The molecule has 36 heavy (non-hydrogen) atoms. The number of carbonyl (C=O) groups excluding carboxylic acids is 1. The van der Waals surface area contributed by atoms with E-state index in [9.17, 15) is 4.79 Å². The Balaban J connectivity index is 1.16. The van der Waals surface area contributed by atoms with Crippen LogP contribution in [0.3, 0.4) is 0 Å². The summed E-state index contributed by atoms with van der Waals surface area (Å²) >= 11 is 6.20. The van der Waals surface area contributed by atoms with Crippen molar-refractivity contribution in [3.8, 4) is 0 Å². The second kappa shape index (κ2) is 11.3. The van der Waals surface area contributed by atoms with Gasteiger partial charge in [0.05, 0.1) is 13.1 Å². The summed E-state index contributed by atoms with van der Waals surface area (Å²) in [6.45, 7) is 6.46. The monoisotopic (exact) mass is 510 g/mol. The van der Waals surface area contributed by atoms with Crippen LogP contribution >= 0.6 is 11.6 Å². The SMILES string of the molecule is Cc1nnn(Cc2cc(Cl)ccc2/C=C/C(=O)N2CCC(c3nnc(CN4CCCCC4)o3)CC2)n1. The molecule has 2 fully saturated rings. The van der Waals surface area contributed by atoms with Gasteiger partial charge in [0.25, 0.3) is 0 Å². The third-order valence-corrected chi connectivity index (χ3v) is 7.06. The average molecular weight is 511 g/mol. The molecule has 2 aliphatic rings. The molecule has 0 saturated carbocycles. The molecule has 2 aliphatic heterocycles. The van der Waals surface area contributed by atoms with E-state index in [1.165, 1.54) is 24.1 Å². The van der Waals surface area contributed by atoms with Crippen LogP contribution in [0.2, 0.25) is 5.02 Å². The van der Waals surface area contributed by atoms with Gasteiger partial charge in [0.1, 0.15) is 0 Å². The van der Waals surface area contributed by atoms with Gasteiger partial charge in [-0.05, 0) is 80.2 Å². The number of halogens is 1. The predicted octanol–water partition coefficient (Wildman–Crippen LogP) is 3.47. The first-order valence-electron chi connectivity index (χ1n) is 12.6. The second-order valence-corrected chi connectivity index (χ2v) is 9.95. The van der Waals surface area contributed by atoms with E-state index in [4.69, 9.17) is 16.0 Å². The van der Waals surface area contributed by atoms with Gasteiger partial charge in [0.15, 0.2) is 5.82 Å². The molecule has 5 rings (SSSR count). The topological polar surface area (TPSA) is 106 Å². The molecule has 1 amide bonds. The number of nitrogens with zero attached hydrogens (tertiary/aromatic N) is 8. The van der Waals surface area contributed by atoms with Crippen LogP contribution in [0.25, 0.3) is 6.08 Å². The van der Waals surface area contributed by atoms with Crippen molar-refractivity contribution in [1.82, 2.24) is 40.2 Å². The fourth-order valence-electron chi connectivity index (χ4n) is 4.83. The van der Waals surface area contributed by atoms with Crippen molar-refractivity contribution in [2.24, 2.45) is 0 Å². The Hall–Kier alpha value is -3.11. The molecule has 190 valence electrons. The van der Waals surface area contributed by atoms with Gasteiger partial charge in [0.2, 0.25) is 17.7 Å². The molecule has 10 nitrogen and oxygen atoms in total. The smallest absolute Gasteiger partial charge is 0.246 e. The minimum atomic E-state index is -0.0135. The van der Waals surface area contributed by atoms with E-state index in [2.05, 4.69) is 30.5 Å². The lowest BCUT2D eigenvalue weighted by Gasteiger charge is -2.29. The number of hydrogen-bond donors (Lipinski definition) is 0. The van der Waals surface area contributed by atoms with Crippen molar-refractivity contribution < 1.29 is 9.21 Å². The van der Waals surface area contributed by atoms with Gasteiger partial charge in [-0.15, -0.1) is 20.4 Å². The van der Waals surface area contributed by atoms with E-state index in [0.717, 1.165) is 43.6 Å². The molecule has 0 bridgehead atoms. The molecular formula is C25H31ClN8O2. The summed E-state index contributed by atoms with van der Waals surface area (Å²) in [6.07, 6.45) is 8.85. The highest BCUT2D eigenvalue weighted by Gasteiger charge is 2.27. The molecule has 0 spiro atoms. The zero-order chi connectivity index (χ0) is 24.9. The van der Waals surface area contributed by atoms with Gasteiger partial charge >= 0.3 is 0 Å². The largest absolute Gasteiger partial charge is 0.424 e. The Morgan fingerprint density at radius 3 is 2.64 bits per heavy atom. The van der Waals surface area contributed by atoms with E-state index in [0.29, 0.717) is 42.3 Å². The Bertz CT molecular complexity index is 1210. The second-order valence-electron chi connectivity index (χ2n) is 9.51. The average Bonchev–Trinajstić information content (AvgIpc) is 3.53. The number of benzene rings is 1. The number of aromatic nitrogens is 6. The highest BCUT2D eigenvalue weighted by atomic mass is 35.5. The fourth-order valence-corrected chi connectivity index (χ4v) is 5.03. The molecule has 0 unspecified atom stereocenters. The standard InChI is InChI=1S/C25H31ClN8O2/c1-18-27-31-34(30-18)16-21-15-22(26)7-5-19(21)6-8-24(35)33-13-9-20(10-14-33)25-29-28-23(36-25)17-32-11-3-2-4-12-32/h5-8,15,20H,2-4,9-14,16-17H2,1H3/b8-6+. The highest BCUT2D eigenvalue weighted by molar-refractivity contribution is 6.30. The lowest BCUT2D eigenvalue weighted by atomic mass is 9.96. The quantitative estimate of drug-likeness (QED) is 0.445. The number of tetrazole rings is 1. The molecule has 0 atom stereocenters. The number of carbonyl (C=O) groups is 1. The normalized spacial score (nSPS) is 17.8. The molecule has 0 radical (unpaired) electrons. The summed E-state index contributed by atoms with van der Waals surface area (Å²) in [7, 11) is 0. The third kappa shape index (κ3) is 6.17. The maximum atomic E-state index is 12.9. The van der Waals surface area contributed by atoms with Crippen molar-refractivity contribution in [3.63, 3.8) is 0 Å². The van der Waals surface area contributed by atoms with Crippen LogP contribution in [0.5, 0.6) is 0 Å². The summed E-state index contributed by atoms with van der Waals surface area (Å²) < 4.78 is 5.99. The van der Waals surface area contributed by atoms with Crippen LogP contribution in [0.15, 0.2) is 28.7 Å². The predicted molar refractivity (Wildman–Crippen MR) is 134 cm³/mol. The molecular weight excluding hydrogens is 480 g/mol. The molecule has 1 aromatic carbocycles. The highest BCUT2D eigenvalue weighted by Crippen LogP contribution is 2.28. The Morgan fingerprint density at radius 2 is 1.89 bits per heavy atom. The first-order valence-corrected chi connectivity index (χ1v) is 13.0. The minimum absolute atomic E-state index is 0.0135. The fraction of sp³-hybridized carbons (Fsp3) is 0.520. The van der Waals surface area contributed by atoms with Crippen LogP contribution in [-0.2, 0) is 17.9 Å². The van der Waals surface area contributed by atoms with E-state index in [1.54, 1.807) is 13.0 Å². The van der Waals surface area contributed by atoms with Gasteiger partial charge in [-0.25, -0.2) is 0 Å².